The third kappa shape index (κ3) is 6.13. The summed E-state index contributed by atoms with van der Waals surface area (Å²) in [4.78, 5) is 23.9. The summed E-state index contributed by atoms with van der Waals surface area (Å²) in [6.45, 7) is 3.03. The molecular formula is C30H32O12. The lowest BCUT2D eigenvalue weighted by Crippen LogP contribution is -2.61. The second-order valence-corrected chi connectivity index (χ2v) is 10.7. The van der Waals surface area contributed by atoms with E-state index in [1.165, 1.54) is 31.4 Å². The summed E-state index contributed by atoms with van der Waals surface area (Å²) in [5, 5.41) is 42.0. The lowest BCUT2D eigenvalue weighted by Gasteiger charge is -2.43. The van der Waals surface area contributed by atoms with E-state index in [0.717, 1.165) is 17.0 Å². The van der Waals surface area contributed by atoms with E-state index in [4.69, 9.17) is 28.1 Å². The summed E-state index contributed by atoms with van der Waals surface area (Å²) in [7, 11) is 1.40. The molecule has 5 rings (SSSR count). The lowest BCUT2D eigenvalue weighted by molar-refractivity contribution is -0.329. The predicted molar refractivity (Wildman–Crippen MR) is 147 cm³/mol. The van der Waals surface area contributed by atoms with Crippen molar-refractivity contribution >= 4 is 23.0 Å². The molecule has 4 N–H and O–H groups in total. The number of carbonyl (C=O) groups is 1. The summed E-state index contributed by atoms with van der Waals surface area (Å²) in [6, 6.07) is 11.0. The van der Waals surface area contributed by atoms with Gasteiger partial charge in [0, 0.05) is 30.0 Å². The van der Waals surface area contributed by atoms with Crippen LogP contribution in [-0.2, 0) is 25.4 Å². The van der Waals surface area contributed by atoms with E-state index >= 15 is 0 Å². The van der Waals surface area contributed by atoms with Crippen molar-refractivity contribution in [2.45, 2.75) is 62.7 Å². The van der Waals surface area contributed by atoms with Crippen LogP contribution in [0.1, 0.15) is 25.0 Å². The number of benzene rings is 2. The highest BCUT2D eigenvalue weighted by Crippen LogP contribution is 2.38. The maximum Gasteiger partial charge on any atom is 0.336 e. The quantitative estimate of drug-likeness (QED) is 0.172. The van der Waals surface area contributed by atoms with Gasteiger partial charge in [0.2, 0.25) is 0 Å². The van der Waals surface area contributed by atoms with E-state index in [2.05, 4.69) is 0 Å². The molecule has 0 radical (unpaired) electrons. The van der Waals surface area contributed by atoms with Gasteiger partial charge in [0.05, 0.1) is 7.11 Å². The Morgan fingerprint density at radius 1 is 1.07 bits per heavy atom. The fraction of sp³-hybridized carbons (Fsp3) is 0.400. The first-order valence-corrected chi connectivity index (χ1v) is 13.3. The fourth-order valence-corrected chi connectivity index (χ4v) is 4.90. The molecule has 42 heavy (non-hydrogen) atoms. The molecule has 2 aliphatic heterocycles. The Morgan fingerprint density at radius 2 is 1.86 bits per heavy atom. The smallest absolute Gasteiger partial charge is 0.336 e. The number of esters is 1. The number of ether oxygens (including phenoxy) is 5. The van der Waals surface area contributed by atoms with Gasteiger partial charge in [-0.2, -0.15) is 0 Å². The molecule has 0 saturated carbocycles. The summed E-state index contributed by atoms with van der Waals surface area (Å²) >= 11 is 0. The average molecular weight is 585 g/mol. The molecule has 0 amide bonds. The number of aliphatic hydroxyl groups is 3. The van der Waals surface area contributed by atoms with Crippen LogP contribution in [-0.4, -0.2) is 82.5 Å². The third-order valence-electron chi connectivity index (χ3n) is 7.35. The SMILES string of the molecule is COc1cc(/C=C/C(=O)OC[C@H]2O[C@@H](OC(C)(C)[C@H]3Cc4cc5ccc(=O)oc5cc4O3)[C@H](O)[C@@H](O)[C@H]2O)ccc1O. The molecule has 12 nitrogen and oxygen atoms in total. The van der Waals surface area contributed by atoms with Crippen LogP contribution in [0, 0.1) is 0 Å². The second kappa shape index (κ2) is 11.7. The van der Waals surface area contributed by atoms with Crippen LogP contribution in [0.5, 0.6) is 17.2 Å². The van der Waals surface area contributed by atoms with Crippen molar-refractivity contribution in [3.63, 3.8) is 0 Å². The van der Waals surface area contributed by atoms with Gasteiger partial charge in [-0.1, -0.05) is 6.07 Å². The topological polar surface area (TPSA) is 174 Å². The Hall–Kier alpha value is -3.94. The van der Waals surface area contributed by atoms with Gasteiger partial charge < -0.3 is 48.5 Å². The van der Waals surface area contributed by atoms with Crippen LogP contribution < -0.4 is 15.1 Å². The Morgan fingerprint density at radius 3 is 2.62 bits per heavy atom. The molecule has 1 saturated heterocycles. The normalized spacial score (nSPS) is 25.8. The number of phenolic OH excluding ortho intramolecular Hbond substituents is 1. The molecule has 1 aromatic heterocycles. The van der Waals surface area contributed by atoms with Crippen LogP contribution in [0.3, 0.4) is 0 Å². The van der Waals surface area contributed by atoms with Crippen molar-refractivity contribution in [3.8, 4) is 17.2 Å². The van der Waals surface area contributed by atoms with Gasteiger partial charge in [-0.15, -0.1) is 0 Å². The van der Waals surface area contributed by atoms with E-state index in [1.807, 2.05) is 6.07 Å². The van der Waals surface area contributed by atoms with Crippen LogP contribution in [0.2, 0.25) is 0 Å². The molecule has 0 unspecified atom stereocenters. The number of aliphatic hydroxyl groups excluding tert-OH is 3. The number of fused-ring (bicyclic) bond motifs is 2. The maximum atomic E-state index is 12.3. The Bertz CT molecular complexity index is 1540. The molecule has 0 spiro atoms. The fourth-order valence-electron chi connectivity index (χ4n) is 4.90. The standard InChI is InChI=1S/C30H32O12/c1-30(2,23-12-17-11-16-6-9-25(33)40-19(16)13-20(17)39-23)42-29-28(36)27(35)26(34)22(41-29)14-38-24(32)8-5-15-4-7-18(31)21(10-15)37-3/h4-11,13,22-23,26-29,31,34-36H,12,14H2,1-3H3/b8-5+/t22-,23-,26+,27+,28-,29+/m1/s1. The van der Waals surface area contributed by atoms with Crippen LogP contribution in [0.15, 0.2) is 57.8 Å². The summed E-state index contributed by atoms with van der Waals surface area (Å²) in [5.74, 6) is -0.0347. The van der Waals surface area contributed by atoms with Crippen molar-refractivity contribution < 1.29 is 53.3 Å². The van der Waals surface area contributed by atoms with Crippen molar-refractivity contribution in [2.75, 3.05) is 13.7 Å². The van der Waals surface area contributed by atoms with Crippen molar-refractivity contribution in [1.82, 2.24) is 0 Å². The minimum Gasteiger partial charge on any atom is -0.504 e. The minimum absolute atomic E-state index is 0.0474. The molecule has 0 bridgehead atoms. The summed E-state index contributed by atoms with van der Waals surface area (Å²) in [5.41, 5.74) is 0.299. The van der Waals surface area contributed by atoms with Crippen molar-refractivity contribution in [2.24, 2.45) is 0 Å². The zero-order valence-corrected chi connectivity index (χ0v) is 23.1. The highest BCUT2D eigenvalue weighted by atomic mass is 16.7. The van der Waals surface area contributed by atoms with E-state index < -0.39 is 60.6 Å². The Kier molecular flexibility index (Phi) is 8.26. The third-order valence-corrected chi connectivity index (χ3v) is 7.35. The van der Waals surface area contributed by atoms with Crippen molar-refractivity contribution in [1.29, 1.82) is 0 Å². The highest BCUT2D eigenvalue weighted by molar-refractivity contribution is 5.87. The van der Waals surface area contributed by atoms with Gasteiger partial charge in [-0.25, -0.2) is 9.59 Å². The first-order chi connectivity index (χ1) is 19.9. The minimum atomic E-state index is -1.64. The first-order valence-electron chi connectivity index (χ1n) is 13.3. The zero-order valence-electron chi connectivity index (χ0n) is 23.1. The van der Waals surface area contributed by atoms with E-state index in [1.54, 1.807) is 32.0 Å². The number of hydrogen-bond donors (Lipinski definition) is 4. The molecular weight excluding hydrogens is 552 g/mol. The summed E-state index contributed by atoms with van der Waals surface area (Å²) < 4.78 is 33.4. The lowest BCUT2D eigenvalue weighted by atomic mass is 9.95. The molecule has 2 aliphatic rings. The number of hydrogen-bond acceptors (Lipinski definition) is 12. The average Bonchev–Trinajstić information content (AvgIpc) is 3.39. The van der Waals surface area contributed by atoms with Gasteiger partial charge in [-0.3, -0.25) is 0 Å². The number of carbonyl (C=O) groups excluding carboxylic acids is 1. The van der Waals surface area contributed by atoms with Gasteiger partial charge >= 0.3 is 11.6 Å². The number of phenols is 1. The van der Waals surface area contributed by atoms with Crippen LogP contribution in [0.25, 0.3) is 17.0 Å². The molecule has 12 heteroatoms. The molecule has 1 fully saturated rings. The molecule has 6 atom stereocenters. The molecule has 3 heterocycles. The van der Waals surface area contributed by atoms with E-state index in [-0.39, 0.29) is 11.5 Å². The number of methoxy groups -OCH3 is 1. The number of rotatable bonds is 8. The van der Waals surface area contributed by atoms with Crippen LogP contribution >= 0.6 is 0 Å². The second-order valence-electron chi connectivity index (χ2n) is 10.7. The van der Waals surface area contributed by atoms with Gasteiger partial charge in [0.1, 0.15) is 54.1 Å². The van der Waals surface area contributed by atoms with Gasteiger partial charge in [0.25, 0.3) is 0 Å². The summed E-state index contributed by atoms with van der Waals surface area (Å²) in [6.07, 6.45) is -4.87. The van der Waals surface area contributed by atoms with E-state index in [9.17, 15) is 30.0 Å². The molecule has 3 aromatic rings. The van der Waals surface area contributed by atoms with E-state index in [0.29, 0.717) is 23.3 Å². The zero-order chi connectivity index (χ0) is 30.2. The molecule has 224 valence electrons. The molecule has 0 aliphatic carbocycles. The Balaban J connectivity index is 1.21. The Labute approximate surface area is 240 Å². The van der Waals surface area contributed by atoms with Gasteiger partial charge in [-0.05, 0) is 55.3 Å². The predicted octanol–water partition coefficient (Wildman–Crippen LogP) is 1.67. The van der Waals surface area contributed by atoms with Crippen LogP contribution in [0.4, 0.5) is 0 Å². The first kappa shape index (κ1) is 29.5. The highest BCUT2D eigenvalue weighted by Gasteiger charge is 2.48. The molecule has 2 aromatic carbocycles. The van der Waals surface area contributed by atoms with Crippen molar-refractivity contribution in [3.05, 3.63) is 70.1 Å². The maximum absolute atomic E-state index is 12.3. The monoisotopic (exact) mass is 584 g/mol. The number of aromatic hydroxyl groups is 1. The van der Waals surface area contributed by atoms with Gasteiger partial charge in [0.15, 0.2) is 17.8 Å². The largest absolute Gasteiger partial charge is 0.504 e.